The van der Waals surface area contributed by atoms with Gasteiger partial charge in [-0.05, 0) is 64.9 Å². The molecule has 7 atom stereocenters. The van der Waals surface area contributed by atoms with Crippen molar-refractivity contribution < 1.29 is 33.8 Å². The Kier molecular flexibility index (Phi) is 5.51. The van der Waals surface area contributed by atoms with Crippen molar-refractivity contribution in [3.63, 3.8) is 0 Å². The molecule has 2 heterocycles. The SMILES string of the molecule is CC1=C(C)C(=O)OC([C@]2(C)OC(=O)[C@@]3(O)CC[C@H]4[C@@H](CC=C5C=CCC(=O)[C@@]54C)C(=O)CC[C@H]23)C1. The maximum Gasteiger partial charge on any atom is 0.339 e. The standard InChI is InChI=1S/C28H34O7/c1-15-14-23(34-24(31)16(15)2)27(4)21-11-10-20(29)18-9-8-17-6-5-7-22(30)26(17,3)19(18)12-13-28(21,33)25(32)35-27/h5-6,8,18-19,21,23,33H,7,9-14H2,1-4H3/t18-,19+,21-,23?,26+,27-,28-/m1/s1. The molecule has 1 unspecified atom stereocenters. The van der Waals surface area contributed by atoms with E-state index in [4.69, 9.17) is 9.47 Å². The van der Waals surface area contributed by atoms with Gasteiger partial charge in [0, 0.05) is 36.7 Å². The molecule has 3 aliphatic carbocycles. The van der Waals surface area contributed by atoms with Gasteiger partial charge in [-0.3, -0.25) is 9.59 Å². The van der Waals surface area contributed by atoms with Gasteiger partial charge in [0.1, 0.15) is 17.7 Å². The van der Waals surface area contributed by atoms with Crippen molar-refractivity contribution in [1.82, 2.24) is 0 Å². The van der Waals surface area contributed by atoms with Crippen LogP contribution in [0.2, 0.25) is 0 Å². The molecule has 35 heavy (non-hydrogen) atoms. The van der Waals surface area contributed by atoms with E-state index in [1.54, 1.807) is 13.8 Å². The van der Waals surface area contributed by atoms with Gasteiger partial charge < -0.3 is 14.6 Å². The first-order chi connectivity index (χ1) is 16.4. The number of cyclic esters (lactones) is 2. The van der Waals surface area contributed by atoms with E-state index in [-0.39, 0.29) is 42.7 Å². The summed E-state index contributed by atoms with van der Waals surface area (Å²) in [5.74, 6) is -2.40. The Balaban J connectivity index is 1.51. The van der Waals surface area contributed by atoms with Crippen LogP contribution in [0.1, 0.15) is 72.6 Å². The number of allylic oxidation sites excluding steroid dienone is 4. The Morgan fingerprint density at radius 1 is 1.09 bits per heavy atom. The lowest BCUT2D eigenvalue weighted by atomic mass is 9.56. The van der Waals surface area contributed by atoms with Gasteiger partial charge in [0.05, 0.1) is 5.41 Å². The molecule has 7 nitrogen and oxygen atoms in total. The van der Waals surface area contributed by atoms with Crippen molar-refractivity contribution in [2.45, 2.75) is 89.9 Å². The van der Waals surface area contributed by atoms with Gasteiger partial charge in [-0.15, -0.1) is 0 Å². The molecule has 0 aromatic heterocycles. The molecule has 0 bridgehead atoms. The first-order valence-electron chi connectivity index (χ1n) is 12.7. The molecule has 0 aromatic rings. The third kappa shape index (κ3) is 3.34. The molecule has 2 aliphatic heterocycles. The van der Waals surface area contributed by atoms with Crippen molar-refractivity contribution in [1.29, 1.82) is 0 Å². The van der Waals surface area contributed by atoms with E-state index >= 15 is 0 Å². The average molecular weight is 483 g/mol. The molecular formula is C28H34O7. The van der Waals surface area contributed by atoms with Gasteiger partial charge in [-0.25, -0.2) is 9.59 Å². The van der Waals surface area contributed by atoms with Gasteiger partial charge in [0.15, 0.2) is 11.2 Å². The second-order valence-corrected chi connectivity index (χ2v) is 11.4. The third-order valence-electron chi connectivity index (χ3n) is 9.79. The molecule has 5 aliphatic rings. The van der Waals surface area contributed by atoms with E-state index < -0.39 is 40.6 Å². The lowest BCUT2D eigenvalue weighted by Gasteiger charge is -2.46. The van der Waals surface area contributed by atoms with Crippen LogP contribution in [0.15, 0.2) is 34.9 Å². The Morgan fingerprint density at radius 3 is 2.54 bits per heavy atom. The lowest BCUT2D eigenvalue weighted by molar-refractivity contribution is -0.177. The molecular weight excluding hydrogens is 448 g/mol. The summed E-state index contributed by atoms with van der Waals surface area (Å²) in [4.78, 5) is 52.4. The highest BCUT2D eigenvalue weighted by molar-refractivity contribution is 5.94. The Hall–Kier alpha value is -2.54. The number of rotatable bonds is 1. The number of ketones is 2. The fourth-order valence-electron chi connectivity index (χ4n) is 7.31. The maximum absolute atomic E-state index is 13.5. The summed E-state index contributed by atoms with van der Waals surface area (Å²) in [7, 11) is 0. The number of esters is 2. The maximum atomic E-state index is 13.5. The highest BCUT2D eigenvalue weighted by Crippen LogP contribution is 2.56. The zero-order valence-corrected chi connectivity index (χ0v) is 20.9. The summed E-state index contributed by atoms with van der Waals surface area (Å²) in [6.07, 6.45) is 7.24. The van der Waals surface area contributed by atoms with E-state index in [0.717, 1.165) is 11.1 Å². The smallest absolute Gasteiger partial charge is 0.339 e. The quantitative estimate of drug-likeness (QED) is 0.570. The van der Waals surface area contributed by atoms with E-state index in [9.17, 15) is 24.3 Å². The molecule has 0 spiro atoms. The van der Waals surface area contributed by atoms with Gasteiger partial charge in [-0.1, -0.05) is 23.8 Å². The van der Waals surface area contributed by atoms with E-state index in [1.807, 2.05) is 32.1 Å². The molecule has 2 fully saturated rings. The molecule has 188 valence electrons. The van der Waals surface area contributed by atoms with Crippen molar-refractivity contribution in [2.75, 3.05) is 0 Å². The topological polar surface area (TPSA) is 107 Å². The van der Waals surface area contributed by atoms with Crippen LogP contribution >= 0.6 is 0 Å². The number of carbonyl (C=O) groups is 4. The fourth-order valence-corrected chi connectivity index (χ4v) is 7.31. The molecule has 0 radical (unpaired) electrons. The van der Waals surface area contributed by atoms with Crippen LogP contribution in [0.4, 0.5) is 0 Å². The zero-order chi connectivity index (χ0) is 25.3. The van der Waals surface area contributed by atoms with Crippen LogP contribution in [-0.2, 0) is 28.7 Å². The van der Waals surface area contributed by atoms with E-state index in [2.05, 4.69) is 0 Å². The molecule has 5 rings (SSSR count). The normalized spacial score (nSPS) is 43.7. The van der Waals surface area contributed by atoms with Gasteiger partial charge >= 0.3 is 11.9 Å². The van der Waals surface area contributed by atoms with Crippen molar-refractivity contribution in [3.8, 4) is 0 Å². The lowest BCUT2D eigenvalue weighted by Crippen LogP contribution is -2.53. The summed E-state index contributed by atoms with van der Waals surface area (Å²) in [5, 5.41) is 11.8. The summed E-state index contributed by atoms with van der Waals surface area (Å²) >= 11 is 0. The van der Waals surface area contributed by atoms with Gasteiger partial charge in [0.25, 0.3) is 0 Å². The van der Waals surface area contributed by atoms with Crippen LogP contribution in [-0.4, -0.2) is 45.9 Å². The number of fused-ring (bicyclic) bond motifs is 4. The predicted octanol–water partition coefficient (Wildman–Crippen LogP) is 3.54. The van der Waals surface area contributed by atoms with Crippen LogP contribution < -0.4 is 0 Å². The number of hydrogen-bond acceptors (Lipinski definition) is 7. The van der Waals surface area contributed by atoms with Crippen molar-refractivity contribution >= 4 is 23.5 Å². The van der Waals surface area contributed by atoms with Crippen LogP contribution in [0.25, 0.3) is 0 Å². The molecule has 1 saturated heterocycles. The second kappa shape index (κ2) is 7.99. The van der Waals surface area contributed by atoms with Crippen LogP contribution in [0.3, 0.4) is 0 Å². The number of carbonyl (C=O) groups excluding carboxylic acids is 4. The van der Waals surface area contributed by atoms with Crippen molar-refractivity contribution in [2.24, 2.45) is 23.2 Å². The number of aliphatic hydroxyl groups is 1. The van der Waals surface area contributed by atoms with Crippen LogP contribution in [0, 0.1) is 23.2 Å². The Morgan fingerprint density at radius 2 is 1.83 bits per heavy atom. The highest BCUT2D eigenvalue weighted by atomic mass is 16.6. The molecule has 1 N–H and O–H groups in total. The summed E-state index contributed by atoms with van der Waals surface area (Å²) < 4.78 is 11.5. The second-order valence-electron chi connectivity index (χ2n) is 11.4. The summed E-state index contributed by atoms with van der Waals surface area (Å²) in [5.41, 5.74) is -1.55. The first-order valence-corrected chi connectivity index (χ1v) is 12.7. The van der Waals surface area contributed by atoms with Crippen LogP contribution in [0.5, 0.6) is 0 Å². The largest absolute Gasteiger partial charge is 0.454 e. The molecule has 0 amide bonds. The number of ether oxygens (including phenoxy) is 2. The minimum Gasteiger partial charge on any atom is -0.454 e. The average Bonchev–Trinajstić information content (AvgIpc) is 3.03. The number of hydrogen-bond donors (Lipinski definition) is 1. The minimum absolute atomic E-state index is 0.0485. The molecule has 0 aromatic carbocycles. The third-order valence-corrected chi connectivity index (χ3v) is 9.79. The van der Waals surface area contributed by atoms with E-state index in [0.29, 0.717) is 31.3 Å². The monoisotopic (exact) mass is 482 g/mol. The summed E-state index contributed by atoms with van der Waals surface area (Å²) in [6.45, 7) is 7.18. The van der Waals surface area contributed by atoms with Gasteiger partial charge in [0.2, 0.25) is 0 Å². The predicted molar refractivity (Wildman–Crippen MR) is 126 cm³/mol. The zero-order valence-electron chi connectivity index (χ0n) is 20.9. The van der Waals surface area contributed by atoms with Gasteiger partial charge in [-0.2, -0.15) is 0 Å². The summed E-state index contributed by atoms with van der Waals surface area (Å²) in [6, 6.07) is 0. The fraction of sp³-hybridized carbons (Fsp3) is 0.643. The first kappa shape index (κ1) is 24.2. The Labute approximate surface area is 205 Å². The van der Waals surface area contributed by atoms with Crippen molar-refractivity contribution in [3.05, 3.63) is 34.9 Å². The number of Topliss-reactive ketones (excluding diaryl/α,β-unsaturated/α-hetero) is 2. The minimum atomic E-state index is -1.81. The molecule has 7 heteroatoms. The molecule has 1 saturated carbocycles. The van der Waals surface area contributed by atoms with E-state index in [1.165, 1.54) is 0 Å². The highest BCUT2D eigenvalue weighted by Gasteiger charge is 2.66. The Bertz CT molecular complexity index is 1110.